The second kappa shape index (κ2) is 10.6. The van der Waals surface area contributed by atoms with Gasteiger partial charge in [-0.1, -0.05) is 0 Å². The minimum Gasteiger partial charge on any atom is -0.493 e. The maximum absolute atomic E-state index is 12.7. The summed E-state index contributed by atoms with van der Waals surface area (Å²) < 4.78 is 11.4. The third-order valence-corrected chi connectivity index (χ3v) is 5.93. The van der Waals surface area contributed by atoms with Gasteiger partial charge >= 0.3 is 0 Å². The predicted octanol–water partition coefficient (Wildman–Crippen LogP) is 3.54. The molecule has 1 aliphatic rings. The van der Waals surface area contributed by atoms with Crippen molar-refractivity contribution in [1.29, 1.82) is 0 Å². The normalized spacial score (nSPS) is 15.7. The van der Waals surface area contributed by atoms with E-state index in [1.165, 1.54) is 0 Å². The van der Waals surface area contributed by atoms with Crippen LogP contribution in [0, 0.1) is 5.92 Å². The molecule has 1 unspecified atom stereocenters. The standard InChI is InChI=1S/C22H27BrN4O4/c1-14(21(28)25-17-5-6-18(30-2)19(12-17)31-3)27-10-8-15(9-11-27)22(29)26-20-7-4-16(23)13-24-20/h4-7,12-15H,8-11H2,1-3H3,(H,25,28)(H,24,26,29). The van der Waals surface area contributed by atoms with Crippen LogP contribution in [0.25, 0.3) is 0 Å². The van der Waals surface area contributed by atoms with Crippen molar-refractivity contribution in [3.8, 4) is 11.5 Å². The Balaban J connectivity index is 1.51. The van der Waals surface area contributed by atoms with E-state index in [4.69, 9.17) is 9.47 Å². The highest BCUT2D eigenvalue weighted by molar-refractivity contribution is 9.10. The number of methoxy groups -OCH3 is 2. The summed E-state index contributed by atoms with van der Waals surface area (Å²) >= 11 is 3.33. The van der Waals surface area contributed by atoms with E-state index in [-0.39, 0.29) is 23.8 Å². The van der Waals surface area contributed by atoms with E-state index in [0.29, 0.717) is 48.9 Å². The van der Waals surface area contributed by atoms with Gasteiger partial charge in [-0.15, -0.1) is 0 Å². The molecule has 1 aromatic heterocycles. The zero-order valence-electron chi connectivity index (χ0n) is 17.9. The minimum atomic E-state index is -0.315. The summed E-state index contributed by atoms with van der Waals surface area (Å²) in [5, 5.41) is 5.80. The number of ether oxygens (including phenoxy) is 2. The van der Waals surface area contributed by atoms with Crippen LogP contribution < -0.4 is 20.1 Å². The number of hydrogen-bond acceptors (Lipinski definition) is 6. The summed E-state index contributed by atoms with van der Waals surface area (Å²) in [5.74, 6) is 1.47. The summed E-state index contributed by atoms with van der Waals surface area (Å²) in [6.07, 6.45) is 3.03. The molecule has 1 aromatic carbocycles. The molecule has 0 saturated carbocycles. The Kier molecular flexibility index (Phi) is 7.86. The second-order valence-electron chi connectivity index (χ2n) is 7.40. The third kappa shape index (κ3) is 5.95. The molecule has 166 valence electrons. The zero-order chi connectivity index (χ0) is 22.4. The molecule has 1 aliphatic heterocycles. The first kappa shape index (κ1) is 23.0. The molecule has 2 heterocycles. The SMILES string of the molecule is COc1ccc(NC(=O)C(C)N2CCC(C(=O)Nc3ccc(Br)cn3)CC2)cc1OC. The number of pyridine rings is 1. The van der Waals surface area contributed by atoms with Gasteiger partial charge in [-0.25, -0.2) is 4.98 Å². The van der Waals surface area contributed by atoms with E-state index in [0.717, 1.165) is 4.47 Å². The lowest BCUT2D eigenvalue weighted by molar-refractivity contribution is -0.123. The number of halogens is 1. The molecule has 3 rings (SSSR count). The van der Waals surface area contributed by atoms with Crippen molar-refractivity contribution >= 4 is 39.2 Å². The van der Waals surface area contributed by atoms with Gasteiger partial charge in [0.2, 0.25) is 11.8 Å². The van der Waals surface area contributed by atoms with Gasteiger partial charge in [0.25, 0.3) is 0 Å². The van der Waals surface area contributed by atoms with Crippen LogP contribution in [0.4, 0.5) is 11.5 Å². The van der Waals surface area contributed by atoms with Crippen LogP contribution in [0.3, 0.4) is 0 Å². The second-order valence-corrected chi connectivity index (χ2v) is 8.31. The summed E-state index contributed by atoms with van der Waals surface area (Å²) in [4.78, 5) is 31.5. The van der Waals surface area contributed by atoms with Gasteiger partial charge in [0, 0.05) is 28.3 Å². The number of benzene rings is 1. The molecule has 2 aromatic rings. The number of carbonyl (C=O) groups is 2. The van der Waals surface area contributed by atoms with E-state index < -0.39 is 0 Å². The molecule has 2 N–H and O–H groups in total. The highest BCUT2D eigenvalue weighted by atomic mass is 79.9. The largest absolute Gasteiger partial charge is 0.493 e. The van der Waals surface area contributed by atoms with Gasteiger partial charge in [-0.3, -0.25) is 14.5 Å². The third-order valence-electron chi connectivity index (χ3n) is 5.46. The first-order chi connectivity index (χ1) is 14.9. The number of nitrogens with one attached hydrogen (secondary N) is 2. The Bertz CT molecular complexity index is 914. The van der Waals surface area contributed by atoms with Crippen LogP contribution in [-0.2, 0) is 9.59 Å². The monoisotopic (exact) mass is 490 g/mol. The number of amides is 2. The lowest BCUT2D eigenvalue weighted by Gasteiger charge is -2.34. The van der Waals surface area contributed by atoms with E-state index in [1.807, 2.05) is 13.0 Å². The molecule has 1 fully saturated rings. The number of piperidine rings is 1. The molecule has 0 radical (unpaired) electrons. The fraction of sp³-hybridized carbons (Fsp3) is 0.409. The average molecular weight is 491 g/mol. The van der Waals surface area contributed by atoms with Crippen LogP contribution in [-0.4, -0.2) is 55.0 Å². The first-order valence-electron chi connectivity index (χ1n) is 10.1. The van der Waals surface area contributed by atoms with Gasteiger partial charge in [0.05, 0.1) is 20.3 Å². The average Bonchev–Trinajstić information content (AvgIpc) is 2.80. The summed E-state index contributed by atoms with van der Waals surface area (Å²) in [6, 6.07) is 8.55. The fourth-order valence-corrected chi connectivity index (χ4v) is 3.79. The molecule has 1 atom stereocenters. The fourth-order valence-electron chi connectivity index (χ4n) is 3.55. The van der Waals surface area contributed by atoms with Crippen molar-refractivity contribution in [2.45, 2.75) is 25.8 Å². The number of anilines is 2. The quantitative estimate of drug-likeness (QED) is 0.616. The molecule has 31 heavy (non-hydrogen) atoms. The molecular formula is C22H27BrN4O4. The first-order valence-corrected chi connectivity index (χ1v) is 10.9. The molecule has 8 nitrogen and oxygen atoms in total. The molecule has 2 amide bonds. The molecule has 0 bridgehead atoms. The zero-order valence-corrected chi connectivity index (χ0v) is 19.4. The van der Waals surface area contributed by atoms with Gasteiger partial charge in [-0.2, -0.15) is 0 Å². The predicted molar refractivity (Wildman–Crippen MR) is 123 cm³/mol. The lowest BCUT2D eigenvalue weighted by atomic mass is 9.95. The van der Waals surface area contributed by atoms with Crippen molar-refractivity contribution in [3.63, 3.8) is 0 Å². The van der Waals surface area contributed by atoms with Crippen LogP contribution in [0.5, 0.6) is 11.5 Å². The van der Waals surface area contributed by atoms with E-state index in [1.54, 1.807) is 44.7 Å². The summed E-state index contributed by atoms with van der Waals surface area (Å²) in [7, 11) is 3.12. The van der Waals surface area contributed by atoms with Crippen molar-refractivity contribution < 1.29 is 19.1 Å². The maximum Gasteiger partial charge on any atom is 0.241 e. The van der Waals surface area contributed by atoms with Crippen LogP contribution >= 0.6 is 15.9 Å². The van der Waals surface area contributed by atoms with Crippen molar-refractivity contribution in [2.75, 3.05) is 37.9 Å². The van der Waals surface area contributed by atoms with Crippen molar-refractivity contribution in [3.05, 3.63) is 41.0 Å². The van der Waals surface area contributed by atoms with E-state index >= 15 is 0 Å². The Morgan fingerprint density at radius 2 is 1.81 bits per heavy atom. The van der Waals surface area contributed by atoms with Gasteiger partial charge in [0.15, 0.2) is 11.5 Å². The number of likely N-dealkylation sites (tertiary alicyclic amines) is 1. The van der Waals surface area contributed by atoms with Gasteiger partial charge in [-0.05, 0) is 73.1 Å². The van der Waals surface area contributed by atoms with Crippen LogP contribution in [0.1, 0.15) is 19.8 Å². The van der Waals surface area contributed by atoms with Gasteiger partial charge < -0.3 is 20.1 Å². The minimum absolute atomic E-state index is 0.0306. The highest BCUT2D eigenvalue weighted by Gasteiger charge is 2.30. The molecule has 0 aliphatic carbocycles. The number of nitrogens with zero attached hydrogens (tertiary/aromatic N) is 2. The molecule has 1 saturated heterocycles. The Morgan fingerprint density at radius 3 is 2.42 bits per heavy atom. The van der Waals surface area contributed by atoms with Crippen LogP contribution in [0.15, 0.2) is 41.0 Å². The smallest absolute Gasteiger partial charge is 0.241 e. The highest BCUT2D eigenvalue weighted by Crippen LogP contribution is 2.30. The Hall–Kier alpha value is -2.65. The summed E-state index contributed by atoms with van der Waals surface area (Å²) in [5.41, 5.74) is 0.644. The topological polar surface area (TPSA) is 92.8 Å². The van der Waals surface area contributed by atoms with E-state index in [2.05, 4.69) is 36.4 Å². The molecule has 9 heteroatoms. The van der Waals surface area contributed by atoms with E-state index in [9.17, 15) is 9.59 Å². The Morgan fingerprint density at radius 1 is 1.10 bits per heavy atom. The number of rotatable bonds is 7. The van der Waals surface area contributed by atoms with Gasteiger partial charge in [0.1, 0.15) is 5.82 Å². The Labute approximate surface area is 190 Å². The maximum atomic E-state index is 12.7. The summed E-state index contributed by atoms with van der Waals surface area (Å²) in [6.45, 7) is 3.22. The molecule has 0 spiro atoms. The number of carbonyl (C=O) groups excluding carboxylic acids is 2. The number of hydrogen-bond donors (Lipinski definition) is 2. The van der Waals surface area contributed by atoms with Crippen molar-refractivity contribution in [2.24, 2.45) is 5.92 Å². The van der Waals surface area contributed by atoms with Crippen molar-refractivity contribution in [1.82, 2.24) is 9.88 Å². The van der Waals surface area contributed by atoms with Crippen LogP contribution in [0.2, 0.25) is 0 Å². The lowest BCUT2D eigenvalue weighted by Crippen LogP contribution is -2.47. The molecular weight excluding hydrogens is 464 g/mol. The number of aromatic nitrogens is 1.